The van der Waals surface area contributed by atoms with Gasteiger partial charge in [-0.05, 0) is 33.1 Å². The zero-order chi connectivity index (χ0) is 12.3. The van der Waals surface area contributed by atoms with E-state index in [-0.39, 0.29) is 0 Å². The van der Waals surface area contributed by atoms with Crippen molar-refractivity contribution in [1.29, 1.82) is 0 Å². The molecule has 2 aliphatic rings. The average molecular weight is 273 g/mol. The molecule has 2 rings (SSSR count). The molecule has 0 aromatic rings. The lowest BCUT2D eigenvalue weighted by Crippen LogP contribution is -2.48. The van der Waals surface area contributed by atoms with Crippen LogP contribution in [0.5, 0.6) is 0 Å². The van der Waals surface area contributed by atoms with E-state index in [0.29, 0.717) is 23.2 Å². The number of carbonyl (C=O) groups is 1. The third-order valence-electron chi connectivity index (χ3n) is 3.77. The maximum Gasteiger partial charge on any atom is 0.224 e. The molecule has 0 N–H and O–H groups in total. The highest BCUT2D eigenvalue weighted by Gasteiger charge is 2.30. The highest BCUT2D eigenvalue weighted by Crippen LogP contribution is 2.29. The third kappa shape index (κ3) is 3.57. The number of piperidine rings is 1. The molecule has 3 atom stereocenters. The molecule has 2 fully saturated rings. The molecule has 0 aromatic heterocycles. The number of hydrogen-bond acceptors (Lipinski definition) is 3. The van der Waals surface area contributed by atoms with E-state index in [1.54, 1.807) is 0 Å². The molecular weight excluding hydrogens is 250 g/mol. The summed E-state index contributed by atoms with van der Waals surface area (Å²) in [5.41, 5.74) is 0. The Morgan fingerprint density at radius 3 is 2.53 bits per heavy atom. The van der Waals surface area contributed by atoms with Gasteiger partial charge in [0.05, 0.1) is 0 Å². The number of thioether (sulfide) groups is 2. The van der Waals surface area contributed by atoms with Crippen molar-refractivity contribution < 1.29 is 4.79 Å². The Kier molecular flexibility index (Phi) is 5.10. The number of hydrogen-bond donors (Lipinski definition) is 0. The van der Waals surface area contributed by atoms with Crippen molar-refractivity contribution in [3.05, 3.63) is 0 Å². The van der Waals surface area contributed by atoms with Crippen LogP contribution in [-0.2, 0) is 4.79 Å². The summed E-state index contributed by atoms with van der Waals surface area (Å²) in [7, 11) is 0. The molecule has 0 bridgehead atoms. The fourth-order valence-electron chi connectivity index (χ4n) is 2.87. The number of carbonyl (C=O) groups excluding carboxylic acids is 1. The molecule has 0 radical (unpaired) electrons. The maximum atomic E-state index is 12.4. The minimum atomic E-state index is 0.393. The normalized spacial score (nSPS) is 34.7. The minimum Gasteiger partial charge on any atom is -0.337 e. The van der Waals surface area contributed by atoms with Crippen LogP contribution in [0.2, 0.25) is 0 Å². The van der Waals surface area contributed by atoms with E-state index in [1.165, 1.54) is 30.8 Å². The van der Waals surface area contributed by atoms with Gasteiger partial charge in [-0.3, -0.25) is 4.79 Å². The predicted octanol–water partition coefficient (Wildman–Crippen LogP) is 3.01. The molecule has 2 heterocycles. The van der Waals surface area contributed by atoms with E-state index in [9.17, 15) is 4.79 Å². The standard InChI is InChI=1S/C13H23NOS2/c1-10-4-3-5-11(2)14(10)13(15)8-12-9-16-6-7-17-12/h10-12H,3-9H2,1-2H3/t10-,11+,12?. The molecule has 4 heteroatoms. The van der Waals surface area contributed by atoms with Gasteiger partial charge in [-0.15, -0.1) is 0 Å². The van der Waals surface area contributed by atoms with Gasteiger partial charge >= 0.3 is 0 Å². The highest BCUT2D eigenvalue weighted by molar-refractivity contribution is 8.06. The van der Waals surface area contributed by atoms with Crippen LogP contribution >= 0.6 is 23.5 Å². The van der Waals surface area contributed by atoms with Crippen LogP contribution in [0.15, 0.2) is 0 Å². The lowest BCUT2D eigenvalue weighted by atomic mass is 9.97. The van der Waals surface area contributed by atoms with Crippen LogP contribution in [0.4, 0.5) is 0 Å². The molecule has 17 heavy (non-hydrogen) atoms. The molecule has 1 unspecified atom stereocenters. The van der Waals surface area contributed by atoms with Crippen LogP contribution < -0.4 is 0 Å². The second-order valence-corrected chi connectivity index (χ2v) is 7.76. The SMILES string of the molecule is C[C@@H]1CCC[C@H](C)N1C(=O)CC1CSCCS1. The van der Waals surface area contributed by atoms with Crippen LogP contribution in [0, 0.1) is 0 Å². The molecule has 0 aliphatic carbocycles. The Bertz CT molecular complexity index is 256. The Morgan fingerprint density at radius 2 is 1.94 bits per heavy atom. The second kappa shape index (κ2) is 6.37. The minimum absolute atomic E-state index is 0.393. The number of amides is 1. The van der Waals surface area contributed by atoms with E-state index in [0.717, 1.165) is 12.2 Å². The first kappa shape index (κ1) is 13.6. The van der Waals surface area contributed by atoms with Crippen molar-refractivity contribution in [3.63, 3.8) is 0 Å². The fraction of sp³-hybridized carbons (Fsp3) is 0.923. The molecule has 0 spiro atoms. The van der Waals surface area contributed by atoms with E-state index in [4.69, 9.17) is 0 Å². The summed E-state index contributed by atoms with van der Waals surface area (Å²) < 4.78 is 0. The second-order valence-electron chi connectivity index (χ2n) is 5.20. The summed E-state index contributed by atoms with van der Waals surface area (Å²) in [6.45, 7) is 4.41. The lowest BCUT2D eigenvalue weighted by Gasteiger charge is -2.40. The van der Waals surface area contributed by atoms with Gasteiger partial charge in [0.25, 0.3) is 0 Å². The molecule has 0 aromatic carbocycles. The van der Waals surface area contributed by atoms with Crippen LogP contribution in [0.25, 0.3) is 0 Å². The third-order valence-corrected chi connectivity index (χ3v) is 6.61. The first-order valence-corrected chi connectivity index (χ1v) is 8.89. The van der Waals surface area contributed by atoms with Gasteiger partial charge in [0.2, 0.25) is 5.91 Å². The maximum absolute atomic E-state index is 12.4. The van der Waals surface area contributed by atoms with E-state index >= 15 is 0 Å². The Hall–Kier alpha value is 0.170. The average Bonchev–Trinajstić information content (AvgIpc) is 2.30. The van der Waals surface area contributed by atoms with Crippen molar-refractivity contribution in [3.8, 4) is 0 Å². The molecule has 1 amide bonds. The number of nitrogens with zero attached hydrogens (tertiary/aromatic N) is 1. The lowest BCUT2D eigenvalue weighted by molar-refractivity contribution is -0.137. The van der Waals surface area contributed by atoms with Crippen LogP contribution in [0.1, 0.15) is 39.5 Å². The van der Waals surface area contributed by atoms with Crippen LogP contribution in [-0.4, -0.2) is 45.4 Å². The van der Waals surface area contributed by atoms with Gasteiger partial charge in [0.1, 0.15) is 0 Å². The van der Waals surface area contributed by atoms with E-state index in [2.05, 4.69) is 18.7 Å². The zero-order valence-electron chi connectivity index (χ0n) is 10.9. The van der Waals surface area contributed by atoms with Gasteiger partial charge in [-0.25, -0.2) is 0 Å². The van der Waals surface area contributed by atoms with Gasteiger partial charge in [0.15, 0.2) is 0 Å². The zero-order valence-corrected chi connectivity index (χ0v) is 12.5. The molecule has 2 saturated heterocycles. The molecule has 2 nitrogen and oxygen atoms in total. The van der Waals surface area contributed by atoms with Gasteiger partial charge in [0, 0.05) is 41.0 Å². The van der Waals surface area contributed by atoms with Crippen molar-refractivity contribution >= 4 is 29.4 Å². The van der Waals surface area contributed by atoms with E-state index in [1.807, 2.05) is 23.5 Å². The Morgan fingerprint density at radius 1 is 1.24 bits per heavy atom. The quantitative estimate of drug-likeness (QED) is 0.771. The monoisotopic (exact) mass is 273 g/mol. The van der Waals surface area contributed by atoms with Crippen molar-refractivity contribution in [2.45, 2.75) is 56.9 Å². The summed E-state index contributed by atoms with van der Waals surface area (Å²) in [4.78, 5) is 14.5. The fourth-order valence-corrected chi connectivity index (χ4v) is 5.54. The molecule has 98 valence electrons. The molecule has 0 saturated carbocycles. The van der Waals surface area contributed by atoms with Crippen molar-refractivity contribution in [2.24, 2.45) is 0 Å². The predicted molar refractivity (Wildman–Crippen MR) is 77.8 cm³/mol. The summed E-state index contributed by atoms with van der Waals surface area (Å²) in [5.74, 6) is 4.02. The Balaban J connectivity index is 1.88. The summed E-state index contributed by atoms with van der Waals surface area (Å²) in [6, 6.07) is 0.903. The summed E-state index contributed by atoms with van der Waals surface area (Å²) in [6.07, 6.45) is 4.40. The first-order valence-electron chi connectivity index (χ1n) is 6.69. The van der Waals surface area contributed by atoms with Crippen molar-refractivity contribution in [1.82, 2.24) is 4.90 Å². The molecule has 2 aliphatic heterocycles. The van der Waals surface area contributed by atoms with Gasteiger partial charge in [-0.2, -0.15) is 23.5 Å². The smallest absolute Gasteiger partial charge is 0.224 e. The highest BCUT2D eigenvalue weighted by atomic mass is 32.2. The van der Waals surface area contributed by atoms with E-state index < -0.39 is 0 Å². The summed E-state index contributed by atoms with van der Waals surface area (Å²) in [5, 5.41) is 0.558. The van der Waals surface area contributed by atoms with Crippen LogP contribution in [0.3, 0.4) is 0 Å². The number of rotatable bonds is 2. The topological polar surface area (TPSA) is 20.3 Å². The Labute approximate surface area is 113 Å². The van der Waals surface area contributed by atoms with Crippen molar-refractivity contribution in [2.75, 3.05) is 17.3 Å². The van der Waals surface area contributed by atoms with Gasteiger partial charge in [-0.1, -0.05) is 0 Å². The largest absolute Gasteiger partial charge is 0.337 e. The summed E-state index contributed by atoms with van der Waals surface area (Å²) >= 11 is 3.99. The first-order chi connectivity index (χ1) is 8.18. The number of likely N-dealkylation sites (tertiary alicyclic amines) is 1. The van der Waals surface area contributed by atoms with Gasteiger partial charge < -0.3 is 4.90 Å². The molecular formula is C13H23NOS2.